The summed E-state index contributed by atoms with van der Waals surface area (Å²) in [4.78, 5) is 10.1. The number of methoxy groups -OCH3 is 1. The number of benzene rings is 1. The number of non-ortho nitro benzene ring substituents is 1. The fraction of sp³-hybridized carbons (Fsp3) is 0.500. The number of hydrogen-bond acceptors (Lipinski definition) is 4. The van der Waals surface area contributed by atoms with Gasteiger partial charge in [-0.2, -0.15) is 0 Å². The Kier molecular flexibility index (Phi) is 5.59. The molecule has 0 bridgehead atoms. The number of nitrogens with zero attached hydrogens (tertiary/aromatic N) is 1. The minimum absolute atomic E-state index is 0.126. The Morgan fingerprint density at radius 2 is 2.06 bits per heavy atom. The van der Waals surface area contributed by atoms with Crippen molar-refractivity contribution >= 4 is 5.69 Å². The summed E-state index contributed by atoms with van der Waals surface area (Å²) in [6.07, 6.45) is 0.948. The molecule has 0 radical (unpaired) electrons. The quantitative estimate of drug-likeness (QED) is 0.583. The van der Waals surface area contributed by atoms with E-state index >= 15 is 0 Å². The van der Waals surface area contributed by atoms with Crippen molar-refractivity contribution in [1.82, 2.24) is 5.32 Å². The molecule has 0 aliphatic carbocycles. The molecular weight excluding hydrogens is 220 g/mol. The van der Waals surface area contributed by atoms with E-state index < -0.39 is 4.92 Å². The molecular formula is C12H18N2O3. The van der Waals surface area contributed by atoms with Crippen LogP contribution < -0.4 is 5.32 Å². The molecule has 1 aromatic carbocycles. The first-order valence-corrected chi connectivity index (χ1v) is 5.59. The highest BCUT2D eigenvalue weighted by Gasteiger charge is 2.05. The molecule has 1 atom stereocenters. The summed E-state index contributed by atoms with van der Waals surface area (Å²) < 4.78 is 4.99. The van der Waals surface area contributed by atoms with E-state index in [0.717, 1.165) is 18.6 Å². The van der Waals surface area contributed by atoms with Crippen molar-refractivity contribution in [3.05, 3.63) is 39.9 Å². The molecule has 1 rings (SSSR count). The van der Waals surface area contributed by atoms with E-state index in [-0.39, 0.29) is 5.69 Å². The summed E-state index contributed by atoms with van der Waals surface area (Å²) in [5.41, 5.74) is 1.17. The van der Waals surface area contributed by atoms with Crippen LogP contribution in [-0.2, 0) is 11.3 Å². The number of nitro benzene ring substituents is 1. The van der Waals surface area contributed by atoms with E-state index in [1.807, 2.05) is 0 Å². The van der Waals surface area contributed by atoms with Crippen LogP contribution in [0.15, 0.2) is 24.3 Å². The van der Waals surface area contributed by atoms with Gasteiger partial charge < -0.3 is 10.1 Å². The van der Waals surface area contributed by atoms with Crippen LogP contribution in [0.25, 0.3) is 0 Å². The Morgan fingerprint density at radius 3 is 2.59 bits per heavy atom. The molecule has 0 spiro atoms. The van der Waals surface area contributed by atoms with Gasteiger partial charge in [0.2, 0.25) is 0 Å². The third-order valence-electron chi connectivity index (χ3n) is 2.56. The maximum atomic E-state index is 10.5. The number of ether oxygens (including phenoxy) is 1. The predicted molar refractivity (Wildman–Crippen MR) is 65.9 cm³/mol. The molecule has 5 nitrogen and oxygen atoms in total. The van der Waals surface area contributed by atoms with Gasteiger partial charge in [0, 0.05) is 38.4 Å². The van der Waals surface area contributed by atoms with E-state index in [1.165, 1.54) is 12.1 Å². The van der Waals surface area contributed by atoms with Gasteiger partial charge >= 0.3 is 0 Å². The van der Waals surface area contributed by atoms with Crippen molar-refractivity contribution in [2.24, 2.45) is 0 Å². The van der Waals surface area contributed by atoms with Crippen LogP contribution >= 0.6 is 0 Å². The van der Waals surface area contributed by atoms with Crippen LogP contribution in [0.5, 0.6) is 0 Å². The summed E-state index contributed by atoms with van der Waals surface area (Å²) in [6.45, 7) is 3.53. The average molecular weight is 238 g/mol. The Bertz CT molecular complexity index is 351. The summed E-state index contributed by atoms with van der Waals surface area (Å²) in [5.74, 6) is 0. The molecule has 0 aromatic heterocycles. The molecule has 94 valence electrons. The van der Waals surface area contributed by atoms with E-state index in [0.29, 0.717) is 12.6 Å². The van der Waals surface area contributed by atoms with Gasteiger partial charge in [0.05, 0.1) is 4.92 Å². The molecule has 1 N–H and O–H groups in total. The van der Waals surface area contributed by atoms with Crippen LogP contribution in [0.1, 0.15) is 18.9 Å². The molecule has 0 aliphatic heterocycles. The molecule has 0 saturated carbocycles. The maximum Gasteiger partial charge on any atom is 0.269 e. The molecule has 0 amide bonds. The van der Waals surface area contributed by atoms with Crippen molar-refractivity contribution in [3.8, 4) is 0 Å². The summed E-state index contributed by atoms with van der Waals surface area (Å²) in [6, 6.07) is 6.96. The molecule has 1 aromatic rings. The fourth-order valence-corrected chi connectivity index (χ4v) is 1.42. The van der Waals surface area contributed by atoms with Crippen LogP contribution in [-0.4, -0.2) is 24.7 Å². The highest BCUT2D eigenvalue weighted by Crippen LogP contribution is 2.11. The first kappa shape index (κ1) is 13.6. The largest absolute Gasteiger partial charge is 0.385 e. The Balaban J connectivity index is 2.39. The zero-order valence-electron chi connectivity index (χ0n) is 10.2. The third kappa shape index (κ3) is 4.93. The summed E-state index contributed by atoms with van der Waals surface area (Å²) >= 11 is 0. The first-order chi connectivity index (χ1) is 8.13. The van der Waals surface area contributed by atoms with Crippen molar-refractivity contribution in [2.45, 2.75) is 25.9 Å². The predicted octanol–water partition coefficient (Wildman–Crippen LogP) is 2.11. The second kappa shape index (κ2) is 6.98. The van der Waals surface area contributed by atoms with Gasteiger partial charge in [-0.1, -0.05) is 12.1 Å². The normalized spacial score (nSPS) is 12.4. The number of nitrogens with one attached hydrogen (secondary N) is 1. The summed E-state index contributed by atoms with van der Waals surface area (Å²) in [5, 5.41) is 13.8. The molecule has 17 heavy (non-hydrogen) atoms. The van der Waals surface area contributed by atoms with Crippen LogP contribution in [0.2, 0.25) is 0 Å². The van der Waals surface area contributed by atoms with Gasteiger partial charge in [-0.25, -0.2) is 0 Å². The van der Waals surface area contributed by atoms with Gasteiger partial charge in [-0.3, -0.25) is 10.1 Å². The highest BCUT2D eigenvalue weighted by atomic mass is 16.6. The van der Waals surface area contributed by atoms with Crippen molar-refractivity contribution < 1.29 is 9.66 Å². The lowest BCUT2D eigenvalue weighted by Gasteiger charge is -2.12. The minimum atomic E-state index is -0.390. The highest BCUT2D eigenvalue weighted by molar-refractivity contribution is 5.32. The van der Waals surface area contributed by atoms with Crippen LogP contribution in [0.3, 0.4) is 0 Å². The smallest absolute Gasteiger partial charge is 0.269 e. The monoisotopic (exact) mass is 238 g/mol. The lowest BCUT2D eigenvalue weighted by Crippen LogP contribution is -2.26. The van der Waals surface area contributed by atoms with E-state index in [1.54, 1.807) is 19.2 Å². The molecule has 0 fully saturated rings. The van der Waals surface area contributed by atoms with Crippen molar-refractivity contribution in [2.75, 3.05) is 13.7 Å². The molecule has 0 heterocycles. The topological polar surface area (TPSA) is 64.4 Å². The number of rotatable bonds is 7. The fourth-order valence-electron chi connectivity index (χ4n) is 1.42. The van der Waals surface area contributed by atoms with Gasteiger partial charge in [0.1, 0.15) is 0 Å². The third-order valence-corrected chi connectivity index (χ3v) is 2.56. The van der Waals surface area contributed by atoms with Gasteiger partial charge in [0.15, 0.2) is 0 Å². The Hall–Kier alpha value is -1.46. The van der Waals surface area contributed by atoms with Crippen molar-refractivity contribution in [1.29, 1.82) is 0 Å². The van der Waals surface area contributed by atoms with Gasteiger partial charge in [-0.05, 0) is 18.9 Å². The minimum Gasteiger partial charge on any atom is -0.385 e. The molecule has 5 heteroatoms. The van der Waals surface area contributed by atoms with Gasteiger partial charge in [0.25, 0.3) is 5.69 Å². The zero-order chi connectivity index (χ0) is 12.7. The lowest BCUT2D eigenvalue weighted by atomic mass is 10.2. The van der Waals surface area contributed by atoms with Crippen LogP contribution in [0, 0.1) is 10.1 Å². The number of hydrogen-bond donors (Lipinski definition) is 1. The Morgan fingerprint density at radius 1 is 1.41 bits per heavy atom. The van der Waals surface area contributed by atoms with Gasteiger partial charge in [-0.15, -0.1) is 0 Å². The SMILES string of the molecule is COCCC(C)NCc1ccc([N+](=O)[O-])cc1. The molecule has 1 unspecified atom stereocenters. The Labute approximate surface area is 101 Å². The lowest BCUT2D eigenvalue weighted by molar-refractivity contribution is -0.384. The maximum absolute atomic E-state index is 10.5. The average Bonchev–Trinajstić information content (AvgIpc) is 2.34. The zero-order valence-corrected chi connectivity index (χ0v) is 10.2. The summed E-state index contributed by atoms with van der Waals surface area (Å²) in [7, 11) is 1.68. The van der Waals surface area contributed by atoms with Crippen molar-refractivity contribution in [3.63, 3.8) is 0 Å². The second-order valence-electron chi connectivity index (χ2n) is 3.99. The number of nitro groups is 1. The van der Waals surface area contributed by atoms with Crippen LogP contribution in [0.4, 0.5) is 5.69 Å². The molecule has 0 saturated heterocycles. The van der Waals surface area contributed by atoms with E-state index in [2.05, 4.69) is 12.2 Å². The van der Waals surface area contributed by atoms with E-state index in [4.69, 9.17) is 4.74 Å². The second-order valence-corrected chi connectivity index (χ2v) is 3.99. The standard InChI is InChI=1S/C12H18N2O3/c1-10(7-8-17-2)13-9-11-3-5-12(6-4-11)14(15)16/h3-6,10,13H,7-9H2,1-2H3. The van der Waals surface area contributed by atoms with E-state index in [9.17, 15) is 10.1 Å². The first-order valence-electron chi connectivity index (χ1n) is 5.59. The molecule has 0 aliphatic rings.